The Morgan fingerprint density at radius 1 is 1.80 bits per heavy atom. The third-order valence-electron chi connectivity index (χ3n) is 2.64. The summed E-state index contributed by atoms with van der Waals surface area (Å²) in [6, 6.07) is 0.580. The van der Waals surface area contributed by atoms with Gasteiger partial charge < -0.3 is 14.4 Å². The molecule has 82 valence electrons. The minimum absolute atomic E-state index is 0.0283. The van der Waals surface area contributed by atoms with Crippen LogP contribution < -0.4 is 4.90 Å². The van der Waals surface area contributed by atoms with Crippen molar-refractivity contribution in [3.8, 4) is 0 Å². The first kappa shape index (κ1) is 10.0. The molecule has 0 aromatic carbocycles. The van der Waals surface area contributed by atoms with Crippen molar-refractivity contribution in [2.75, 3.05) is 11.4 Å². The second-order valence-electron chi connectivity index (χ2n) is 3.84. The monoisotopic (exact) mass is 210 g/mol. The number of aliphatic carboxylic acids is 1. The summed E-state index contributed by atoms with van der Waals surface area (Å²) in [6.45, 7) is 2.66. The number of carboxylic acids is 1. The van der Waals surface area contributed by atoms with Gasteiger partial charge in [-0.25, -0.2) is 4.98 Å². The molecule has 1 aliphatic heterocycles. The van der Waals surface area contributed by atoms with Gasteiger partial charge in [-0.05, 0) is 19.8 Å². The van der Waals surface area contributed by atoms with Gasteiger partial charge in [0.2, 0.25) is 0 Å². The fourth-order valence-corrected chi connectivity index (χ4v) is 1.98. The predicted molar refractivity (Wildman–Crippen MR) is 53.9 cm³/mol. The van der Waals surface area contributed by atoms with Crippen LogP contribution in [0.4, 0.5) is 6.01 Å². The fourth-order valence-electron chi connectivity index (χ4n) is 1.98. The van der Waals surface area contributed by atoms with Crippen LogP contribution >= 0.6 is 0 Å². The summed E-state index contributed by atoms with van der Waals surface area (Å²) in [5, 5.41) is 8.77. The van der Waals surface area contributed by atoms with E-state index in [0.717, 1.165) is 25.1 Å². The molecule has 0 spiro atoms. The quantitative estimate of drug-likeness (QED) is 0.817. The molecule has 2 rings (SSSR count). The Bertz CT molecular complexity index is 361. The van der Waals surface area contributed by atoms with Crippen molar-refractivity contribution in [3.63, 3.8) is 0 Å². The average Bonchev–Trinajstić information content (AvgIpc) is 2.72. The van der Waals surface area contributed by atoms with Crippen LogP contribution in [-0.4, -0.2) is 28.6 Å². The number of aromatic nitrogens is 1. The maximum atomic E-state index is 10.7. The van der Waals surface area contributed by atoms with Gasteiger partial charge in [0.05, 0.1) is 12.6 Å². The number of carboxylic acid groups (broad SMARTS) is 1. The molecule has 0 aliphatic carbocycles. The molecule has 5 heteroatoms. The van der Waals surface area contributed by atoms with Crippen molar-refractivity contribution in [1.29, 1.82) is 0 Å². The summed E-state index contributed by atoms with van der Waals surface area (Å²) in [5.74, 6) is -0.0128. The van der Waals surface area contributed by atoms with Crippen LogP contribution in [0.15, 0.2) is 10.6 Å². The normalized spacial score (nSPS) is 20.9. The zero-order valence-corrected chi connectivity index (χ0v) is 8.64. The summed E-state index contributed by atoms with van der Waals surface area (Å²) < 4.78 is 5.40. The molecule has 1 aromatic heterocycles. The highest BCUT2D eigenvalue weighted by Crippen LogP contribution is 2.26. The lowest BCUT2D eigenvalue weighted by atomic mass is 10.1. The predicted octanol–water partition coefficient (Wildman–Crippen LogP) is 1.43. The molecule has 1 aliphatic rings. The number of carbonyl (C=O) groups is 1. The second-order valence-corrected chi connectivity index (χ2v) is 3.84. The number of hydrogen-bond donors (Lipinski definition) is 1. The smallest absolute Gasteiger partial charge is 0.305 e. The van der Waals surface area contributed by atoms with Crippen LogP contribution in [0.25, 0.3) is 0 Å². The van der Waals surface area contributed by atoms with Gasteiger partial charge in [0, 0.05) is 12.6 Å². The van der Waals surface area contributed by atoms with Crippen LogP contribution in [0.2, 0.25) is 0 Å². The van der Waals surface area contributed by atoms with Crippen LogP contribution in [0, 0.1) is 6.92 Å². The van der Waals surface area contributed by atoms with Gasteiger partial charge in [-0.3, -0.25) is 4.79 Å². The molecule has 1 fully saturated rings. The van der Waals surface area contributed by atoms with E-state index in [4.69, 9.17) is 9.52 Å². The van der Waals surface area contributed by atoms with Crippen LogP contribution in [0.3, 0.4) is 0 Å². The van der Waals surface area contributed by atoms with Crippen LogP contribution in [0.5, 0.6) is 0 Å². The topological polar surface area (TPSA) is 66.6 Å². The van der Waals surface area contributed by atoms with E-state index in [1.807, 2.05) is 11.8 Å². The van der Waals surface area contributed by atoms with E-state index in [9.17, 15) is 4.79 Å². The molecule has 0 saturated carbocycles. The first-order valence-electron chi connectivity index (χ1n) is 5.07. The second kappa shape index (κ2) is 3.92. The third kappa shape index (κ3) is 2.11. The molecule has 1 aromatic rings. The summed E-state index contributed by atoms with van der Waals surface area (Å²) in [4.78, 5) is 16.7. The van der Waals surface area contributed by atoms with Crippen molar-refractivity contribution < 1.29 is 14.3 Å². The highest BCUT2D eigenvalue weighted by Gasteiger charge is 2.29. The molecule has 1 saturated heterocycles. The molecular weight excluding hydrogens is 196 g/mol. The molecule has 15 heavy (non-hydrogen) atoms. The average molecular weight is 210 g/mol. The van der Waals surface area contributed by atoms with E-state index in [1.54, 1.807) is 6.20 Å². The Hall–Kier alpha value is -1.52. The maximum Gasteiger partial charge on any atom is 0.305 e. The summed E-state index contributed by atoms with van der Waals surface area (Å²) in [5.41, 5.74) is 0. The first-order valence-corrected chi connectivity index (χ1v) is 5.07. The Morgan fingerprint density at radius 2 is 2.60 bits per heavy atom. The number of hydrogen-bond acceptors (Lipinski definition) is 4. The minimum Gasteiger partial charge on any atom is -0.481 e. The molecular formula is C10H14N2O3. The third-order valence-corrected chi connectivity index (χ3v) is 2.64. The molecule has 1 atom stereocenters. The standard InChI is InChI=1S/C10H14N2O3/c1-7-6-11-10(15-7)12-4-2-3-8(12)5-9(13)14/h6,8H,2-5H2,1H3,(H,13,14). The van der Waals surface area contributed by atoms with Crippen molar-refractivity contribution in [3.05, 3.63) is 12.0 Å². The van der Waals surface area contributed by atoms with E-state index in [-0.39, 0.29) is 12.5 Å². The molecule has 1 unspecified atom stereocenters. The molecule has 1 N–H and O–H groups in total. The minimum atomic E-state index is -0.768. The Balaban J connectivity index is 2.10. The number of rotatable bonds is 3. The number of nitrogens with zero attached hydrogens (tertiary/aromatic N) is 2. The molecule has 2 heterocycles. The van der Waals surface area contributed by atoms with Crippen LogP contribution in [0.1, 0.15) is 25.0 Å². The van der Waals surface area contributed by atoms with Gasteiger partial charge in [-0.15, -0.1) is 0 Å². The summed E-state index contributed by atoms with van der Waals surface area (Å²) >= 11 is 0. The highest BCUT2D eigenvalue weighted by atomic mass is 16.4. The molecule has 0 radical (unpaired) electrons. The van der Waals surface area contributed by atoms with Crippen LogP contribution in [-0.2, 0) is 4.79 Å². The first-order chi connectivity index (χ1) is 7.16. The lowest BCUT2D eigenvalue weighted by Crippen LogP contribution is -2.31. The summed E-state index contributed by atoms with van der Waals surface area (Å²) in [7, 11) is 0. The molecule has 0 amide bonds. The largest absolute Gasteiger partial charge is 0.481 e. The lowest BCUT2D eigenvalue weighted by molar-refractivity contribution is -0.137. The fraction of sp³-hybridized carbons (Fsp3) is 0.600. The Kier molecular flexibility index (Phi) is 2.62. The van der Waals surface area contributed by atoms with E-state index in [1.165, 1.54) is 0 Å². The number of anilines is 1. The van der Waals surface area contributed by atoms with E-state index in [0.29, 0.717) is 6.01 Å². The highest BCUT2D eigenvalue weighted by molar-refractivity contribution is 5.68. The van der Waals surface area contributed by atoms with E-state index < -0.39 is 5.97 Å². The molecule has 5 nitrogen and oxygen atoms in total. The zero-order chi connectivity index (χ0) is 10.8. The van der Waals surface area contributed by atoms with Crippen molar-refractivity contribution in [1.82, 2.24) is 4.98 Å². The SMILES string of the molecule is Cc1cnc(N2CCCC2CC(=O)O)o1. The van der Waals surface area contributed by atoms with Gasteiger partial charge in [-0.2, -0.15) is 0 Å². The van der Waals surface area contributed by atoms with Gasteiger partial charge in [-0.1, -0.05) is 0 Å². The van der Waals surface area contributed by atoms with Crippen molar-refractivity contribution in [2.45, 2.75) is 32.2 Å². The lowest BCUT2D eigenvalue weighted by Gasteiger charge is -2.20. The van der Waals surface area contributed by atoms with Gasteiger partial charge in [0.15, 0.2) is 0 Å². The molecule has 0 bridgehead atoms. The number of aryl methyl sites for hydroxylation is 1. The Morgan fingerprint density at radius 3 is 3.20 bits per heavy atom. The van der Waals surface area contributed by atoms with Crippen molar-refractivity contribution >= 4 is 12.0 Å². The van der Waals surface area contributed by atoms with E-state index in [2.05, 4.69) is 4.98 Å². The van der Waals surface area contributed by atoms with E-state index >= 15 is 0 Å². The van der Waals surface area contributed by atoms with Crippen molar-refractivity contribution in [2.24, 2.45) is 0 Å². The zero-order valence-electron chi connectivity index (χ0n) is 8.64. The maximum absolute atomic E-state index is 10.7. The van der Waals surface area contributed by atoms with Gasteiger partial charge >= 0.3 is 5.97 Å². The van der Waals surface area contributed by atoms with Gasteiger partial charge in [0.25, 0.3) is 6.01 Å². The Labute approximate surface area is 87.7 Å². The summed E-state index contributed by atoms with van der Waals surface area (Å²) in [6.07, 6.45) is 3.71. The number of oxazole rings is 1. The van der Waals surface area contributed by atoms with Gasteiger partial charge in [0.1, 0.15) is 5.76 Å².